The Labute approximate surface area is 235 Å². The second-order valence-corrected chi connectivity index (χ2v) is 8.78. The summed E-state index contributed by atoms with van der Waals surface area (Å²) in [6.07, 6.45) is 0. The average molecular weight is 555 g/mol. The molecular formula is C31H26N2O8. The van der Waals surface area contributed by atoms with Crippen LogP contribution in [-0.2, 0) is 19.1 Å². The number of nitrogens with one attached hydrogen (secondary N) is 1. The van der Waals surface area contributed by atoms with Crippen molar-refractivity contribution in [2.24, 2.45) is 0 Å². The standard InChI is InChI=1S/C31H26N2O8/c1-3-40-30(36)26-24(28(34)19-13-7-5-8-14-19)23(21-17-11-12-18-22(21)33(38)39)25(27(32-26)31(37)41-4-2)29(35)20-15-9-6-10-16-20/h5-18,23,32H,3-4H2,1-2H3. The molecule has 10 heteroatoms. The predicted molar refractivity (Wildman–Crippen MR) is 148 cm³/mol. The van der Waals surface area contributed by atoms with Gasteiger partial charge in [0.15, 0.2) is 11.6 Å². The Kier molecular flexibility index (Phi) is 8.83. The number of dihydropyridines is 1. The highest BCUT2D eigenvalue weighted by Crippen LogP contribution is 2.44. The Hall–Kier alpha value is -5.38. The van der Waals surface area contributed by atoms with Gasteiger partial charge in [-0.05, 0) is 13.8 Å². The smallest absolute Gasteiger partial charge is 0.355 e. The lowest BCUT2D eigenvalue weighted by molar-refractivity contribution is -0.385. The van der Waals surface area contributed by atoms with Gasteiger partial charge in [-0.1, -0.05) is 78.9 Å². The summed E-state index contributed by atoms with van der Waals surface area (Å²) in [5, 5.41) is 14.9. The lowest BCUT2D eigenvalue weighted by Gasteiger charge is -2.31. The molecule has 0 radical (unpaired) electrons. The molecule has 0 aromatic heterocycles. The van der Waals surface area contributed by atoms with E-state index in [4.69, 9.17) is 9.47 Å². The summed E-state index contributed by atoms with van der Waals surface area (Å²) in [4.78, 5) is 66.5. The first-order valence-corrected chi connectivity index (χ1v) is 12.8. The molecule has 1 aliphatic heterocycles. The van der Waals surface area contributed by atoms with Gasteiger partial charge in [-0.25, -0.2) is 9.59 Å². The maximum Gasteiger partial charge on any atom is 0.355 e. The Morgan fingerprint density at radius 3 is 1.54 bits per heavy atom. The van der Waals surface area contributed by atoms with Crippen LogP contribution in [0.5, 0.6) is 0 Å². The molecule has 0 saturated carbocycles. The van der Waals surface area contributed by atoms with Crippen LogP contribution in [0.1, 0.15) is 46.0 Å². The molecule has 1 N–H and O–H groups in total. The monoisotopic (exact) mass is 554 g/mol. The van der Waals surface area contributed by atoms with Crippen LogP contribution < -0.4 is 5.32 Å². The molecule has 4 rings (SSSR count). The molecule has 3 aromatic carbocycles. The lowest BCUT2D eigenvalue weighted by atomic mass is 9.74. The number of hydrogen-bond donors (Lipinski definition) is 1. The maximum absolute atomic E-state index is 14.2. The number of para-hydroxylation sites is 1. The van der Waals surface area contributed by atoms with E-state index < -0.39 is 51.4 Å². The van der Waals surface area contributed by atoms with Gasteiger partial charge in [0.05, 0.1) is 24.1 Å². The van der Waals surface area contributed by atoms with Gasteiger partial charge in [0, 0.05) is 33.9 Å². The molecule has 0 saturated heterocycles. The molecule has 3 aromatic rings. The van der Waals surface area contributed by atoms with Crippen molar-refractivity contribution >= 4 is 29.2 Å². The zero-order valence-electron chi connectivity index (χ0n) is 22.3. The summed E-state index contributed by atoms with van der Waals surface area (Å²) in [6.45, 7) is 2.99. The molecule has 41 heavy (non-hydrogen) atoms. The Balaban J connectivity index is 2.14. The van der Waals surface area contributed by atoms with Gasteiger partial charge in [-0.15, -0.1) is 0 Å². The van der Waals surface area contributed by atoms with E-state index in [1.165, 1.54) is 48.5 Å². The molecule has 0 fully saturated rings. The SMILES string of the molecule is CCOC(=O)C1=C(C(=O)c2ccccc2)C(c2ccccc2[N+](=O)[O-])C(C(=O)c2ccccc2)=C(C(=O)OCC)N1. The second-order valence-electron chi connectivity index (χ2n) is 8.78. The summed E-state index contributed by atoms with van der Waals surface area (Å²) >= 11 is 0. The number of nitro benzene ring substituents is 1. The van der Waals surface area contributed by atoms with Crippen LogP contribution in [0.2, 0.25) is 0 Å². The summed E-state index contributed by atoms with van der Waals surface area (Å²) in [5.41, 5.74) is -1.58. The number of ketones is 2. The molecule has 208 valence electrons. The minimum atomic E-state index is -1.52. The van der Waals surface area contributed by atoms with E-state index in [0.717, 1.165) is 0 Å². The highest BCUT2D eigenvalue weighted by atomic mass is 16.6. The highest BCUT2D eigenvalue weighted by Gasteiger charge is 2.45. The minimum absolute atomic E-state index is 0.0682. The van der Waals surface area contributed by atoms with Crippen LogP contribution in [0.25, 0.3) is 0 Å². The fraction of sp³-hybridized carbons (Fsp3) is 0.161. The summed E-state index contributed by atoms with van der Waals surface area (Å²) < 4.78 is 10.4. The van der Waals surface area contributed by atoms with Crippen LogP contribution in [-0.4, -0.2) is 41.6 Å². The van der Waals surface area contributed by atoms with Crippen LogP contribution in [0.15, 0.2) is 107 Å². The number of nitro groups is 1. The zero-order valence-corrected chi connectivity index (χ0v) is 22.3. The highest BCUT2D eigenvalue weighted by molar-refractivity contribution is 6.21. The van der Waals surface area contributed by atoms with E-state index in [1.807, 2.05) is 0 Å². The first kappa shape index (κ1) is 28.6. The number of nitrogens with zero attached hydrogens (tertiary/aromatic N) is 1. The zero-order chi connectivity index (χ0) is 29.5. The average Bonchev–Trinajstić information content (AvgIpc) is 3.00. The maximum atomic E-state index is 14.2. The molecule has 10 nitrogen and oxygen atoms in total. The molecule has 0 spiro atoms. The predicted octanol–water partition coefficient (Wildman–Crippen LogP) is 4.68. The van der Waals surface area contributed by atoms with E-state index in [2.05, 4.69) is 5.32 Å². The number of hydrogen-bond acceptors (Lipinski definition) is 9. The Bertz CT molecular complexity index is 1490. The summed E-state index contributed by atoms with van der Waals surface area (Å²) in [5.74, 6) is -4.86. The number of carbonyl (C=O) groups excluding carboxylic acids is 4. The summed E-state index contributed by atoms with van der Waals surface area (Å²) in [7, 11) is 0. The Morgan fingerprint density at radius 2 is 1.12 bits per heavy atom. The van der Waals surface area contributed by atoms with Crippen molar-refractivity contribution in [2.75, 3.05) is 13.2 Å². The number of Topliss-reactive ketones (excluding diaryl/α,β-unsaturated/α-hetero) is 2. The first-order valence-electron chi connectivity index (χ1n) is 12.8. The lowest BCUT2D eigenvalue weighted by Crippen LogP contribution is -2.39. The number of esters is 2. The molecule has 0 unspecified atom stereocenters. The van der Waals surface area contributed by atoms with E-state index in [0.29, 0.717) is 0 Å². The van der Waals surface area contributed by atoms with E-state index in [-0.39, 0.29) is 41.1 Å². The van der Waals surface area contributed by atoms with E-state index in [9.17, 15) is 29.3 Å². The fourth-order valence-electron chi connectivity index (χ4n) is 4.61. The van der Waals surface area contributed by atoms with Gasteiger partial charge in [-0.2, -0.15) is 0 Å². The van der Waals surface area contributed by atoms with E-state index in [1.54, 1.807) is 50.2 Å². The Morgan fingerprint density at radius 1 is 0.707 bits per heavy atom. The van der Waals surface area contributed by atoms with E-state index >= 15 is 0 Å². The quantitative estimate of drug-likeness (QED) is 0.164. The largest absolute Gasteiger partial charge is 0.461 e. The molecule has 0 bridgehead atoms. The number of allylic oxidation sites excluding steroid dienone is 2. The number of rotatable bonds is 10. The van der Waals surface area contributed by atoms with Crippen molar-refractivity contribution < 1.29 is 33.6 Å². The van der Waals surface area contributed by atoms with Crippen LogP contribution in [0.3, 0.4) is 0 Å². The first-order chi connectivity index (χ1) is 19.8. The second kappa shape index (κ2) is 12.6. The van der Waals surface area contributed by atoms with Crippen molar-refractivity contribution in [3.63, 3.8) is 0 Å². The molecule has 0 atom stereocenters. The van der Waals surface area contributed by atoms with Crippen LogP contribution in [0, 0.1) is 10.1 Å². The van der Waals surface area contributed by atoms with Crippen molar-refractivity contribution in [1.29, 1.82) is 0 Å². The topological polar surface area (TPSA) is 142 Å². The minimum Gasteiger partial charge on any atom is -0.461 e. The van der Waals surface area contributed by atoms with Crippen molar-refractivity contribution in [3.8, 4) is 0 Å². The fourth-order valence-corrected chi connectivity index (χ4v) is 4.61. The third kappa shape index (κ3) is 5.81. The number of carbonyl (C=O) groups is 4. The van der Waals surface area contributed by atoms with Gasteiger partial charge >= 0.3 is 11.9 Å². The molecule has 0 amide bonds. The third-order valence-electron chi connectivity index (χ3n) is 6.33. The van der Waals surface area contributed by atoms with Gasteiger partial charge in [-0.3, -0.25) is 19.7 Å². The molecular weight excluding hydrogens is 528 g/mol. The van der Waals surface area contributed by atoms with Gasteiger partial charge in [0.2, 0.25) is 0 Å². The van der Waals surface area contributed by atoms with Crippen molar-refractivity contribution in [3.05, 3.63) is 134 Å². The normalized spacial score (nSPS) is 13.3. The van der Waals surface area contributed by atoms with Crippen molar-refractivity contribution in [1.82, 2.24) is 5.32 Å². The van der Waals surface area contributed by atoms with Gasteiger partial charge < -0.3 is 14.8 Å². The van der Waals surface area contributed by atoms with Crippen molar-refractivity contribution in [2.45, 2.75) is 19.8 Å². The van der Waals surface area contributed by atoms with Crippen LogP contribution >= 0.6 is 0 Å². The van der Waals surface area contributed by atoms with Crippen LogP contribution in [0.4, 0.5) is 5.69 Å². The molecule has 1 aliphatic rings. The molecule has 1 heterocycles. The number of ether oxygens (including phenoxy) is 2. The summed E-state index contributed by atoms with van der Waals surface area (Å²) in [6, 6.07) is 21.4. The molecule has 0 aliphatic carbocycles. The number of benzene rings is 3. The van der Waals surface area contributed by atoms with Gasteiger partial charge in [0.1, 0.15) is 11.4 Å². The third-order valence-corrected chi connectivity index (χ3v) is 6.33. The van der Waals surface area contributed by atoms with Gasteiger partial charge in [0.25, 0.3) is 5.69 Å².